The fourth-order valence-corrected chi connectivity index (χ4v) is 4.76. The number of sulfone groups is 1. The van der Waals surface area contributed by atoms with Crippen molar-refractivity contribution in [3.8, 4) is 0 Å². The predicted molar refractivity (Wildman–Crippen MR) is 129 cm³/mol. The Morgan fingerprint density at radius 3 is 2.26 bits per heavy atom. The Morgan fingerprint density at radius 2 is 1.60 bits per heavy atom. The maximum absolute atomic E-state index is 12.7. The topological polar surface area (TPSA) is 141 Å². The van der Waals surface area contributed by atoms with Crippen molar-refractivity contribution in [2.24, 2.45) is 0 Å². The molecule has 178 valence electrons. The molecule has 1 aromatic heterocycles. The van der Waals surface area contributed by atoms with Gasteiger partial charge in [-0.05, 0) is 55.0 Å². The molecular formula is C24H20N4O6S. The summed E-state index contributed by atoms with van der Waals surface area (Å²) in [4.78, 5) is 39.1. The van der Waals surface area contributed by atoms with Gasteiger partial charge in [-0.25, -0.2) is 13.4 Å². The molecule has 1 heterocycles. The molecule has 0 atom stereocenters. The van der Waals surface area contributed by atoms with Gasteiger partial charge in [0.25, 0.3) is 11.2 Å². The quantitative estimate of drug-likeness (QED) is 0.293. The fourth-order valence-electron chi connectivity index (χ4n) is 3.50. The monoisotopic (exact) mass is 492 g/mol. The lowest BCUT2D eigenvalue weighted by Gasteiger charge is -2.09. The Labute approximate surface area is 199 Å². The van der Waals surface area contributed by atoms with Crippen LogP contribution in [0.5, 0.6) is 0 Å². The van der Waals surface area contributed by atoms with Crippen LogP contribution in [0.25, 0.3) is 10.9 Å². The molecule has 0 bridgehead atoms. The fraction of sp³-hybridized carbons (Fsp3) is 0.125. The normalized spacial score (nSPS) is 11.3. The number of non-ortho nitro benzene ring substituents is 1. The minimum atomic E-state index is -3.86. The van der Waals surface area contributed by atoms with Gasteiger partial charge >= 0.3 is 0 Å². The maximum atomic E-state index is 12.7. The predicted octanol–water partition coefficient (Wildman–Crippen LogP) is 3.56. The van der Waals surface area contributed by atoms with Gasteiger partial charge in [-0.1, -0.05) is 12.1 Å². The summed E-state index contributed by atoms with van der Waals surface area (Å²) in [7, 11) is -3.86. The summed E-state index contributed by atoms with van der Waals surface area (Å²) in [5, 5.41) is 14.0. The largest absolute Gasteiger partial charge is 0.326 e. The van der Waals surface area contributed by atoms with Crippen LogP contribution in [-0.4, -0.2) is 28.8 Å². The molecule has 0 spiro atoms. The molecule has 0 aliphatic rings. The molecule has 0 radical (unpaired) electrons. The molecule has 0 aliphatic heterocycles. The third kappa shape index (κ3) is 5.25. The van der Waals surface area contributed by atoms with E-state index in [0.717, 1.165) is 12.1 Å². The number of nitro benzene ring substituents is 1. The summed E-state index contributed by atoms with van der Waals surface area (Å²) in [6.07, 6.45) is 2.03. The lowest BCUT2D eigenvalue weighted by molar-refractivity contribution is -0.384. The molecule has 1 amide bonds. The zero-order chi connectivity index (χ0) is 25.0. The van der Waals surface area contributed by atoms with E-state index in [1.54, 1.807) is 24.3 Å². The second kappa shape index (κ2) is 9.85. The van der Waals surface area contributed by atoms with Crippen LogP contribution >= 0.6 is 0 Å². The van der Waals surface area contributed by atoms with Crippen molar-refractivity contribution in [3.63, 3.8) is 0 Å². The van der Waals surface area contributed by atoms with Crippen molar-refractivity contribution < 1.29 is 18.1 Å². The van der Waals surface area contributed by atoms with E-state index in [4.69, 9.17) is 0 Å². The van der Waals surface area contributed by atoms with Crippen LogP contribution in [-0.2, 0) is 21.2 Å². The van der Waals surface area contributed by atoms with E-state index in [9.17, 15) is 28.1 Å². The number of carbonyl (C=O) groups excluding carboxylic acids is 1. The standard InChI is InChI=1S/C24H20N4O6S/c29-23(6-3-15-27-16-25-22-5-2-1-4-21(22)24(27)30)26-17-7-11-19(12-8-17)35(33,34)20-13-9-18(10-14-20)28(31)32/h1-2,4-5,7-14,16H,3,6,15H2,(H,26,29). The Balaban J connectivity index is 1.35. The van der Waals surface area contributed by atoms with Crippen LogP contribution in [0.2, 0.25) is 0 Å². The van der Waals surface area contributed by atoms with Gasteiger partial charge in [0.1, 0.15) is 0 Å². The smallest absolute Gasteiger partial charge is 0.269 e. The summed E-state index contributed by atoms with van der Waals surface area (Å²) in [6.45, 7) is 0.330. The van der Waals surface area contributed by atoms with Crippen LogP contribution in [0.1, 0.15) is 12.8 Å². The molecule has 0 saturated heterocycles. The molecule has 3 aromatic carbocycles. The van der Waals surface area contributed by atoms with Crippen molar-refractivity contribution in [1.29, 1.82) is 0 Å². The highest BCUT2D eigenvalue weighted by Crippen LogP contribution is 2.24. The van der Waals surface area contributed by atoms with Crippen molar-refractivity contribution in [2.45, 2.75) is 29.2 Å². The van der Waals surface area contributed by atoms with Crippen LogP contribution in [0.15, 0.2) is 93.7 Å². The molecule has 0 saturated carbocycles. The molecule has 0 aliphatic carbocycles. The molecule has 1 N–H and O–H groups in total. The maximum Gasteiger partial charge on any atom is 0.269 e. The van der Waals surface area contributed by atoms with Crippen LogP contribution < -0.4 is 10.9 Å². The zero-order valence-corrected chi connectivity index (χ0v) is 19.1. The first kappa shape index (κ1) is 23.8. The Kier molecular flexibility index (Phi) is 6.69. The lowest BCUT2D eigenvalue weighted by atomic mass is 10.2. The number of benzene rings is 3. The summed E-state index contributed by atoms with van der Waals surface area (Å²) in [5.74, 6) is -0.280. The number of nitrogens with one attached hydrogen (secondary N) is 1. The number of para-hydroxylation sites is 1. The van der Waals surface area contributed by atoms with E-state index in [0.29, 0.717) is 29.6 Å². The van der Waals surface area contributed by atoms with Gasteiger partial charge in [-0.15, -0.1) is 0 Å². The summed E-state index contributed by atoms with van der Waals surface area (Å²) < 4.78 is 27.0. The number of amides is 1. The van der Waals surface area contributed by atoms with E-state index in [1.165, 1.54) is 47.3 Å². The van der Waals surface area contributed by atoms with Gasteiger partial charge in [0.15, 0.2) is 0 Å². The van der Waals surface area contributed by atoms with Crippen molar-refractivity contribution in [1.82, 2.24) is 9.55 Å². The zero-order valence-electron chi connectivity index (χ0n) is 18.3. The van der Waals surface area contributed by atoms with Gasteiger partial charge in [-0.3, -0.25) is 24.3 Å². The van der Waals surface area contributed by atoms with E-state index < -0.39 is 14.8 Å². The average Bonchev–Trinajstić information content (AvgIpc) is 2.86. The number of rotatable bonds is 8. The number of fused-ring (bicyclic) bond motifs is 1. The highest BCUT2D eigenvalue weighted by molar-refractivity contribution is 7.91. The van der Waals surface area contributed by atoms with E-state index in [-0.39, 0.29) is 33.4 Å². The number of anilines is 1. The molecule has 35 heavy (non-hydrogen) atoms. The minimum absolute atomic E-state index is 0.00692. The molecule has 0 unspecified atom stereocenters. The molecule has 11 heteroatoms. The summed E-state index contributed by atoms with van der Waals surface area (Å²) in [6, 6.07) is 17.3. The molecule has 4 rings (SSSR count). The average molecular weight is 493 g/mol. The first-order valence-corrected chi connectivity index (χ1v) is 12.1. The summed E-state index contributed by atoms with van der Waals surface area (Å²) in [5.41, 5.74) is 0.664. The first-order valence-electron chi connectivity index (χ1n) is 10.6. The Morgan fingerprint density at radius 1 is 0.971 bits per heavy atom. The Hall–Kier alpha value is -4.38. The summed E-state index contributed by atoms with van der Waals surface area (Å²) >= 11 is 0. The van der Waals surface area contributed by atoms with Crippen molar-refractivity contribution in [3.05, 3.63) is 99.6 Å². The lowest BCUT2D eigenvalue weighted by Crippen LogP contribution is -2.21. The number of hydrogen-bond donors (Lipinski definition) is 1. The van der Waals surface area contributed by atoms with Crippen molar-refractivity contribution >= 4 is 38.0 Å². The van der Waals surface area contributed by atoms with Crippen LogP contribution in [0, 0.1) is 10.1 Å². The highest BCUT2D eigenvalue weighted by atomic mass is 32.2. The van der Waals surface area contributed by atoms with Gasteiger partial charge < -0.3 is 5.32 Å². The highest BCUT2D eigenvalue weighted by Gasteiger charge is 2.19. The van der Waals surface area contributed by atoms with Gasteiger partial charge in [0, 0.05) is 30.8 Å². The van der Waals surface area contributed by atoms with Gasteiger partial charge in [0.2, 0.25) is 15.7 Å². The Bertz CT molecular complexity index is 1560. The number of aryl methyl sites for hydroxylation is 1. The number of carbonyl (C=O) groups is 1. The van der Waals surface area contributed by atoms with Crippen LogP contribution in [0.3, 0.4) is 0 Å². The number of aromatic nitrogens is 2. The van der Waals surface area contributed by atoms with Gasteiger partial charge in [-0.2, -0.15) is 0 Å². The third-order valence-electron chi connectivity index (χ3n) is 5.34. The molecule has 0 fully saturated rings. The van der Waals surface area contributed by atoms with E-state index >= 15 is 0 Å². The first-order chi connectivity index (χ1) is 16.8. The second-order valence-electron chi connectivity index (χ2n) is 7.69. The third-order valence-corrected chi connectivity index (χ3v) is 7.13. The second-order valence-corrected chi connectivity index (χ2v) is 9.64. The number of hydrogen-bond acceptors (Lipinski definition) is 7. The minimum Gasteiger partial charge on any atom is -0.326 e. The number of nitro groups is 1. The van der Waals surface area contributed by atoms with E-state index in [1.807, 2.05) is 0 Å². The SMILES string of the molecule is O=C(CCCn1cnc2ccccc2c1=O)Nc1ccc(S(=O)(=O)c2ccc([N+](=O)[O-])cc2)cc1. The molecule has 4 aromatic rings. The molecular weight excluding hydrogens is 472 g/mol. The van der Waals surface area contributed by atoms with Crippen LogP contribution in [0.4, 0.5) is 11.4 Å². The van der Waals surface area contributed by atoms with Gasteiger partial charge in [0.05, 0.1) is 31.9 Å². The molecule has 10 nitrogen and oxygen atoms in total. The van der Waals surface area contributed by atoms with E-state index in [2.05, 4.69) is 10.3 Å². The van der Waals surface area contributed by atoms with Crippen molar-refractivity contribution in [2.75, 3.05) is 5.32 Å². The number of nitrogens with zero attached hydrogens (tertiary/aromatic N) is 3.